The Morgan fingerprint density at radius 2 is 2.05 bits per heavy atom. The van der Waals surface area contributed by atoms with E-state index in [-0.39, 0.29) is 18.2 Å². The molecule has 0 amide bonds. The maximum absolute atomic E-state index is 12.9. The molecule has 1 saturated carbocycles. The van der Waals surface area contributed by atoms with Crippen molar-refractivity contribution in [1.82, 2.24) is 15.0 Å². The molecule has 1 aromatic heterocycles. The highest BCUT2D eigenvalue weighted by Crippen LogP contribution is 2.34. The van der Waals surface area contributed by atoms with Crippen molar-refractivity contribution >= 4 is 12.4 Å². The summed E-state index contributed by atoms with van der Waals surface area (Å²) >= 11 is 0. The van der Waals surface area contributed by atoms with Gasteiger partial charge in [-0.25, -0.2) is 4.39 Å². The minimum absolute atomic E-state index is 0. The Kier molecular flexibility index (Phi) is 5.50. The smallest absolute Gasteiger partial charge is 0.241 e. The van der Waals surface area contributed by atoms with E-state index >= 15 is 0 Å². The van der Waals surface area contributed by atoms with Gasteiger partial charge >= 0.3 is 0 Å². The molecular formula is C15H20ClFN4O. The van der Waals surface area contributed by atoms with Crippen LogP contribution in [0.3, 0.4) is 0 Å². The Morgan fingerprint density at radius 3 is 2.64 bits per heavy atom. The van der Waals surface area contributed by atoms with Crippen LogP contribution in [-0.4, -0.2) is 34.7 Å². The van der Waals surface area contributed by atoms with E-state index < -0.39 is 0 Å². The number of hydrogen-bond donors (Lipinski definition) is 1. The summed E-state index contributed by atoms with van der Waals surface area (Å²) in [5.74, 6) is 1.45. The monoisotopic (exact) mass is 326 g/mol. The molecule has 2 N–H and O–H groups in total. The van der Waals surface area contributed by atoms with Crippen LogP contribution < -0.4 is 5.73 Å². The molecule has 1 fully saturated rings. The molecule has 0 aliphatic heterocycles. The largest absolute Gasteiger partial charge is 0.338 e. The lowest BCUT2D eigenvalue weighted by atomic mass is 10.1. The van der Waals surface area contributed by atoms with Crippen molar-refractivity contribution in [3.05, 3.63) is 36.0 Å². The van der Waals surface area contributed by atoms with Gasteiger partial charge in [-0.05, 0) is 50.1 Å². The van der Waals surface area contributed by atoms with Crippen LogP contribution in [0.5, 0.6) is 0 Å². The number of hydrogen-bond acceptors (Lipinski definition) is 5. The number of halogens is 2. The second-order valence-corrected chi connectivity index (χ2v) is 5.57. The molecule has 0 saturated heterocycles. The normalized spacial score (nSPS) is 15.6. The van der Waals surface area contributed by atoms with Crippen LogP contribution in [0.4, 0.5) is 4.39 Å². The van der Waals surface area contributed by atoms with Crippen LogP contribution >= 0.6 is 12.4 Å². The molecule has 22 heavy (non-hydrogen) atoms. The molecule has 0 spiro atoms. The lowest BCUT2D eigenvalue weighted by molar-refractivity contribution is 0.189. The third-order valence-corrected chi connectivity index (χ3v) is 3.93. The van der Waals surface area contributed by atoms with Crippen LogP contribution in [0.25, 0.3) is 11.4 Å². The summed E-state index contributed by atoms with van der Waals surface area (Å²) in [4.78, 5) is 6.53. The summed E-state index contributed by atoms with van der Waals surface area (Å²) in [7, 11) is 2.03. The summed E-state index contributed by atoms with van der Waals surface area (Å²) in [5, 5.41) is 3.95. The second kappa shape index (κ2) is 7.17. The fraction of sp³-hybridized carbons (Fsp3) is 0.467. The zero-order chi connectivity index (χ0) is 14.8. The molecule has 1 aliphatic rings. The molecule has 2 aromatic rings. The quantitative estimate of drug-likeness (QED) is 0.883. The van der Waals surface area contributed by atoms with Gasteiger partial charge in [0.2, 0.25) is 11.7 Å². The Labute approximate surface area is 135 Å². The van der Waals surface area contributed by atoms with E-state index in [2.05, 4.69) is 15.0 Å². The zero-order valence-electron chi connectivity index (χ0n) is 12.4. The first-order chi connectivity index (χ1) is 10.2. The molecule has 0 radical (unpaired) electrons. The third-order valence-electron chi connectivity index (χ3n) is 3.93. The first kappa shape index (κ1) is 16.9. The van der Waals surface area contributed by atoms with Crippen molar-refractivity contribution in [3.8, 4) is 11.4 Å². The molecule has 7 heteroatoms. The lowest BCUT2D eigenvalue weighted by Gasteiger charge is -2.25. The van der Waals surface area contributed by atoms with Crippen LogP contribution in [-0.2, 0) is 6.54 Å². The van der Waals surface area contributed by atoms with Gasteiger partial charge in [0.05, 0.1) is 6.54 Å². The van der Waals surface area contributed by atoms with Crippen molar-refractivity contribution in [2.75, 3.05) is 13.6 Å². The summed E-state index contributed by atoms with van der Waals surface area (Å²) in [6.07, 6.45) is 2.49. The zero-order valence-corrected chi connectivity index (χ0v) is 13.2. The van der Waals surface area contributed by atoms with Gasteiger partial charge in [-0.3, -0.25) is 4.90 Å². The summed E-state index contributed by atoms with van der Waals surface area (Å²) in [5.41, 5.74) is 6.58. The molecule has 1 unspecified atom stereocenters. The minimum atomic E-state index is -0.280. The van der Waals surface area contributed by atoms with Crippen LogP contribution in [0.1, 0.15) is 18.7 Å². The first-order valence-corrected chi connectivity index (χ1v) is 7.16. The standard InChI is InChI=1S/C15H19FN4O.ClH/c1-20(13(8-17)10-2-3-10)9-14-18-15(19-21-14)11-4-6-12(16)7-5-11;/h4-7,10,13H,2-3,8-9,17H2,1H3;1H. The molecule has 1 aromatic carbocycles. The molecular weight excluding hydrogens is 307 g/mol. The van der Waals surface area contributed by atoms with E-state index in [1.54, 1.807) is 12.1 Å². The van der Waals surface area contributed by atoms with Crippen LogP contribution in [0.15, 0.2) is 28.8 Å². The average molecular weight is 327 g/mol. The number of aromatic nitrogens is 2. The number of nitrogens with two attached hydrogens (primary N) is 1. The lowest BCUT2D eigenvalue weighted by Crippen LogP contribution is -2.39. The topological polar surface area (TPSA) is 68.2 Å². The minimum Gasteiger partial charge on any atom is -0.338 e. The predicted octanol–water partition coefficient (Wildman–Crippen LogP) is 2.47. The molecule has 3 rings (SSSR count). The molecule has 120 valence electrons. The Hall–Kier alpha value is -1.50. The maximum atomic E-state index is 12.9. The summed E-state index contributed by atoms with van der Waals surface area (Å²) in [6, 6.07) is 6.41. The van der Waals surface area contributed by atoms with Crippen molar-refractivity contribution in [1.29, 1.82) is 0 Å². The van der Waals surface area contributed by atoms with E-state index in [1.165, 1.54) is 25.0 Å². The van der Waals surface area contributed by atoms with Gasteiger partial charge < -0.3 is 10.3 Å². The van der Waals surface area contributed by atoms with Gasteiger partial charge in [-0.1, -0.05) is 5.16 Å². The number of likely N-dealkylation sites (N-methyl/N-ethyl adjacent to an activating group) is 1. The van der Waals surface area contributed by atoms with Gasteiger partial charge in [0.15, 0.2) is 0 Å². The van der Waals surface area contributed by atoms with Crippen LogP contribution in [0.2, 0.25) is 0 Å². The number of benzene rings is 1. The van der Waals surface area contributed by atoms with Crippen molar-refractivity contribution in [2.45, 2.75) is 25.4 Å². The summed E-state index contributed by atoms with van der Waals surface area (Å²) in [6.45, 7) is 1.21. The van der Waals surface area contributed by atoms with Gasteiger partial charge in [-0.2, -0.15) is 4.98 Å². The summed E-state index contributed by atoms with van der Waals surface area (Å²) < 4.78 is 18.2. The Balaban J connectivity index is 0.00000176. The number of nitrogens with zero attached hydrogens (tertiary/aromatic N) is 3. The van der Waals surface area contributed by atoms with Crippen molar-refractivity contribution in [3.63, 3.8) is 0 Å². The number of rotatable bonds is 6. The fourth-order valence-corrected chi connectivity index (χ4v) is 2.58. The SMILES string of the molecule is CN(Cc1nc(-c2ccc(F)cc2)no1)C(CN)C1CC1.Cl. The Morgan fingerprint density at radius 1 is 1.36 bits per heavy atom. The van der Waals surface area contributed by atoms with Crippen LogP contribution in [0, 0.1) is 11.7 Å². The fourth-order valence-electron chi connectivity index (χ4n) is 2.58. The average Bonchev–Trinajstić information content (AvgIpc) is 3.20. The van der Waals surface area contributed by atoms with Gasteiger partial charge in [-0.15, -0.1) is 12.4 Å². The molecule has 5 nitrogen and oxygen atoms in total. The van der Waals surface area contributed by atoms with Gasteiger partial charge in [0.25, 0.3) is 0 Å². The molecule has 1 heterocycles. The molecule has 1 aliphatic carbocycles. The second-order valence-electron chi connectivity index (χ2n) is 5.57. The van der Waals surface area contributed by atoms with Gasteiger partial charge in [0.1, 0.15) is 5.82 Å². The van der Waals surface area contributed by atoms with E-state index in [1.807, 2.05) is 7.05 Å². The highest BCUT2D eigenvalue weighted by atomic mass is 35.5. The van der Waals surface area contributed by atoms with Gasteiger partial charge in [0, 0.05) is 18.2 Å². The van der Waals surface area contributed by atoms with Crippen molar-refractivity contribution in [2.24, 2.45) is 11.7 Å². The first-order valence-electron chi connectivity index (χ1n) is 7.16. The Bertz CT molecular complexity index is 600. The highest BCUT2D eigenvalue weighted by molar-refractivity contribution is 5.85. The third kappa shape index (κ3) is 3.82. The van der Waals surface area contributed by atoms with E-state index in [9.17, 15) is 4.39 Å². The van der Waals surface area contributed by atoms with E-state index in [0.29, 0.717) is 36.8 Å². The molecule has 1 atom stereocenters. The predicted molar refractivity (Wildman–Crippen MR) is 84.0 cm³/mol. The molecule has 0 bridgehead atoms. The maximum Gasteiger partial charge on any atom is 0.241 e. The van der Waals surface area contributed by atoms with Crippen molar-refractivity contribution < 1.29 is 8.91 Å². The van der Waals surface area contributed by atoms with E-state index in [4.69, 9.17) is 10.3 Å². The van der Waals surface area contributed by atoms with E-state index in [0.717, 1.165) is 5.56 Å². The highest BCUT2D eigenvalue weighted by Gasteiger charge is 2.33.